The van der Waals surface area contributed by atoms with Crippen molar-refractivity contribution < 1.29 is 37.5 Å². The van der Waals surface area contributed by atoms with Crippen LogP contribution in [0.5, 0.6) is 0 Å². The maximum Gasteiger partial charge on any atom is 0.407 e. The number of hydrogen-bond donors (Lipinski definition) is 3. The van der Waals surface area contributed by atoms with Crippen LogP contribution >= 0.6 is 0 Å². The number of alkyl carbamates (subject to hydrolysis) is 1. The van der Waals surface area contributed by atoms with Crippen molar-refractivity contribution in [2.75, 3.05) is 13.7 Å². The monoisotopic (exact) mass is 612 g/mol. The van der Waals surface area contributed by atoms with Crippen LogP contribution in [0.25, 0.3) is 0 Å². The van der Waals surface area contributed by atoms with Crippen LogP contribution in [0, 0.1) is 10.8 Å². The average molecular weight is 613 g/mol. The largest absolute Gasteiger partial charge is 0.453 e. The van der Waals surface area contributed by atoms with Gasteiger partial charge in [-0.3, -0.25) is 19.2 Å². The summed E-state index contributed by atoms with van der Waals surface area (Å²) in [5, 5.41) is 7.93. The fraction of sp³-hybridized carbons (Fsp3) is 0.839. The number of nitrogens with zero attached hydrogens (tertiary/aromatic N) is 1. The van der Waals surface area contributed by atoms with Gasteiger partial charge >= 0.3 is 6.09 Å². The second-order valence-electron chi connectivity index (χ2n) is 14.0. The molecular weight excluding hydrogens is 562 g/mol. The Bertz CT molecular complexity index is 1030. The van der Waals surface area contributed by atoms with E-state index in [-0.39, 0.29) is 11.5 Å². The van der Waals surface area contributed by atoms with Crippen LogP contribution in [0.3, 0.4) is 0 Å². The smallest absolute Gasteiger partial charge is 0.407 e. The summed E-state index contributed by atoms with van der Waals surface area (Å²) in [5.74, 6) is -6.09. The van der Waals surface area contributed by atoms with Crippen molar-refractivity contribution in [1.82, 2.24) is 20.9 Å². The summed E-state index contributed by atoms with van der Waals surface area (Å²) < 4.78 is 32.5. The van der Waals surface area contributed by atoms with E-state index in [9.17, 15) is 32.8 Å². The second-order valence-corrected chi connectivity index (χ2v) is 14.0. The molecule has 1 aliphatic heterocycles. The van der Waals surface area contributed by atoms with Gasteiger partial charge in [0.15, 0.2) is 0 Å². The van der Waals surface area contributed by atoms with E-state index in [4.69, 9.17) is 4.74 Å². The van der Waals surface area contributed by atoms with Crippen LogP contribution in [0.2, 0.25) is 0 Å². The van der Waals surface area contributed by atoms with Crippen molar-refractivity contribution in [3.05, 3.63) is 0 Å². The third kappa shape index (κ3) is 9.60. The minimum Gasteiger partial charge on any atom is -0.453 e. The van der Waals surface area contributed by atoms with Gasteiger partial charge in [-0.25, -0.2) is 13.6 Å². The molecule has 3 atom stereocenters. The van der Waals surface area contributed by atoms with E-state index < -0.39 is 71.9 Å². The molecule has 1 heterocycles. The van der Waals surface area contributed by atoms with Crippen LogP contribution in [0.4, 0.5) is 13.6 Å². The van der Waals surface area contributed by atoms with Crippen molar-refractivity contribution in [3.8, 4) is 0 Å². The van der Waals surface area contributed by atoms with Gasteiger partial charge < -0.3 is 25.6 Å². The van der Waals surface area contributed by atoms with Crippen LogP contribution in [-0.4, -0.2) is 78.2 Å². The number of ether oxygens (including phenoxy) is 1. The van der Waals surface area contributed by atoms with Crippen LogP contribution in [0.15, 0.2) is 0 Å². The Hall–Kier alpha value is -2.79. The van der Waals surface area contributed by atoms with E-state index in [1.165, 1.54) is 12.0 Å². The number of alkyl halides is 2. The molecule has 3 fully saturated rings. The highest BCUT2D eigenvalue weighted by Crippen LogP contribution is 2.47. The molecule has 3 N–H and O–H groups in total. The van der Waals surface area contributed by atoms with Gasteiger partial charge in [-0.15, -0.1) is 0 Å². The molecule has 3 aliphatic rings. The maximum absolute atomic E-state index is 14.0. The van der Waals surface area contributed by atoms with Crippen molar-refractivity contribution in [1.29, 1.82) is 0 Å². The zero-order chi connectivity index (χ0) is 32.0. The lowest BCUT2D eigenvalue weighted by atomic mass is 9.72. The van der Waals surface area contributed by atoms with E-state index >= 15 is 0 Å². The molecule has 0 aromatic rings. The summed E-state index contributed by atoms with van der Waals surface area (Å²) in [4.78, 5) is 67.7. The topological polar surface area (TPSA) is 134 Å². The zero-order valence-electron chi connectivity index (χ0n) is 26.4. The van der Waals surface area contributed by atoms with E-state index in [0.717, 1.165) is 71.1 Å². The highest BCUT2D eigenvalue weighted by atomic mass is 19.3. The predicted molar refractivity (Wildman–Crippen MR) is 156 cm³/mol. The minimum absolute atomic E-state index is 0.167. The van der Waals surface area contributed by atoms with Crippen LogP contribution in [-0.2, 0) is 23.9 Å². The summed E-state index contributed by atoms with van der Waals surface area (Å²) in [6, 6.07) is -3.63. The number of carbonyl (C=O) groups excluding carboxylic acids is 5. The first-order valence-corrected chi connectivity index (χ1v) is 15.7. The van der Waals surface area contributed by atoms with E-state index in [1.54, 1.807) is 20.8 Å². The first kappa shape index (κ1) is 34.7. The zero-order valence-corrected chi connectivity index (χ0v) is 26.4. The number of Topliss-reactive ketones (excluding diaryl/α,β-unsaturated/α-hetero) is 1. The number of carbonyl (C=O) groups is 5. The summed E-state index contributed by atoms with van der Waals surface area (Å²) in [6.45, 7) is 6.39. The number of ketones is 1. The van der Waals surface area contributed by atoms with E-state index in [1.807, 2.05) is 0 Å². The fourth-order valence-electron chi connectivity index (χ4n) is 6.77. The molecule has 0 bridgehead atoms. The van der Waals surface area contributed by atoms with Gasteiger partial charge in [-0.1, -0.05) is 59.3 Å². The van der Waals surface area contributed by atoms with Gasteiger partial charge in [-0.05, 0) is 56.3 Å². The molecule has 244 valence electrons. The number of amides is 4. The Morgan fingerprint density at radius 3 is 2.09 bits per heavy atom. The molecule has 1 saturated heterocycles. The van der Waals surface area contributed by atoms with Crippen LogP contribution in [0.1, 0.15) is 111 Å². The summed E-state index contributed by atoms with van der Waals surface area (Å²) in [7, 11) is 1.20. The molecule has 0 aromatic carbocycles. The van der Waals surface area contributed by atoms with Gasteiger partial charge in [0.1, 0.15) is 12.1 Å². The first-order valence-electron chi connectivity index (χ1n) is 15.7. The highest BCUT2D eigenvalue weighted by Gasteiger charge is 2.51. The molecule has 12 heteroatoms. The van der Waals surface area contributed by atoms with Gasteiger partial charge in [0, 0.05) is 19.0 Å². The summed E-state index contributed by atoms with van der Waals surface area (Å²) in [6.07, 6.45) is 7.41. The second kappa shape index (κ2) is 14.3. The number of likely N-dealkylation sites (tertiary alicyclic amines) is 1. The van der Waals surface area contributed by atoms with E-state index in [0.29, 0.717) is 13.0 Å². The highest BCUT2D eigenvalue weighted by molar-refractivity contribution is 6.38. The molecule has 3 rings (SSSR count). The summed E-state index contributed by atoms with van der Waals surface area (Å²) >= 11 is 0. The molecule has 0 radical (unpaired) electrons. The molecule has 1 spiro atoms. The first-order chi connectivity index (χ1) is 20.0. The number of halogens is 2. The van der Waals surface area contributed by atoms with Crippen molar-refractivity contribution in [2.45, 2.75) is 141 Å². The Morgan fingerprint density at radius 2 is 1.53 bits per heavy atom. The van der Waals surface area contributed by atoms with Gasteiger partial charge in [0.2, 0.25) is 23.5 Å². The van der Waals surface area contributed by atoms with Crippen molar-refractivity contribution >= 4 is 29.6 Å². The van der Waals surface area contributed by atoms with Crippen molar-refractivity contribution in [2.24, 2.45) is 10.8 Å². The molecular formula is C31H50F2N4O6. The number of hydrogen-bond acceptors (Lipinski definition) is 6. The maximum atomic E-state index is 14.0. The van der Waals surface area contributed by atoms with Gasteiger partial charge in [0.25, 0.3) is 5.91 Å². The summed E-state index contributed by atoms with van der Waals surface area (Å²) in [5.41, 5.74) is -1.03. The number of rotatable bonds is 10. The molecule has 0 aromatic heterocycles. The minimum atomic E-state index is -3.11. The SMILES string of the molecule is COC(=O)N[C@H](C(=O)N1CC2(CCCCC2)C[C@H]1C(=O)N[C@@H](CCC(C)(F)F)C(=O)C(=O)NC1CCCCC1)C(C)(C)C. The fourth-order valence-corrected chi connectivity index (χ4v) is 6.77. The Labute approximate surface area is 253 Å². The molecule has 2 saturated carbocycles. The normalized spacial score (nSPS) is 22.4. The Morgan fingerprint density at radius 1 is 0.930 bits per heavy atom. The molecule has 4 amide bonds. The Kier molecular flexibility index (Phi) is 11.6. The molecule has 43 heavy (non-hydrogen) atoms. The average Bonchev–Trinajstić information content (AvgIpc) is 3.31. The lowest BCUT2D eigenvalue weighted by Crippen LogP contribution is -2.59. The third-order valence-corrected chi connectivity index (χ3v) is 9.24. The van der Waals surface area contributed by atoms with Gasteiger partial charge in [0.05, 0.1) is 13.2 Å². The Balaban J connectivity index is 1.86. The predicted octanol–water partition coefficient (Wildman–Crippen LogP) is 4.25. The lowest BCUT2D eigenvalue weighted by Gasteiger charge is -2.36. The number of nitrogens with one attached hydrogen (secondary N) is 3. The molecule has 2 aliphatic carbocycles. The molecule has 0 unspecified atom stereocenters. The quantitative estimate of drug-likeness (QED) is 0.316. The van der Waals surface area contributed by atoms with E-state index in [2.05, 4.69) is 16.0 Å². The van der Waals surface area contributed by atoms with Gasteiger partial charge in [-0.2, -0.15) is 0 Å². The number of methoxy groups -OCH3 is 1. The van der Waals surface area contributed by atoms with Crippen molar-refractivity contribution in [3.63, 3.8) is 0 Å². The standard InChI is InChI=1S/C31H50F2N4O6/c1-29(2,3)24(36-28(42)43-5)27(41)37-19-31(15-10-7-11-16-31)18-22(37)25(39)35-21(14-17-30(4,32)33)23(38)26(40)34-20-12-8-6-9-13-20/h20-22,24H,6-19H2,1-5H3,(H,34,40)(H,35,39)(H,36,42)/t21-,22-,24+/m0/s1. The third-order valence-electron chi connectivity index (χ3n) is 9.24. The molecule has 10 nitrogen and oxygen atoms in total. The van der Waals surface area contributed by atoms with Crippen LogP contribution < -0.4 is 16.0 Å². The lowest BCUT2D eigenvalue weighted by molar-refractivity contribution is -0.144.